The molecule has 7 heteroatoms. The van der Waals surface area contributed by atoms with Crippen molar-refractivity contribution in [2.24, 2.45) is 0 Å². The molecule has 0 unspecified atom stereocenters. The molecule has 0 aliphatic carbocycles. The molecular weight excluding hydrogens is 228 g/mol. The van der Waals surface area contributed by atoms with E-state index in [2.05, 4.69) is 5.32 Å². The van der Waals surface area contributed by atoms with E-state index in [1.54, 1.807) is 6.07 Å². The van der Waals surface area contributed by atoms with E-state index >= 15 is 0 Å². The molecule has 0 aliphatic heterocycles. The molecule has 0 fully saturated rings. The number of nitro benzene ring substituents is 1. The summed E-state index contributed by atoms with van der Waals surface area (Å²) in [6.07, 6.45) is 0. The highest BCUT2D eigenvalue weighted by Crippen LogP contribution is 2.24. The number of hydrogen-bond donors (Lipinski definition) is 1. The number of hydrogen-bond acceptors (Lipinski definition) is 6. The van der Waals surface area contributed by atoms with Gasteiger partial charge in [-0.1, -0.05) is 0 Å². The van der Waals surface area contributed by atoms with Crippen LogP contribution in [-0.4, -0.2) is 24.5 Å². The van der Waals surface area contributed by atoms with E-state index in [0.717, 1.165) is 0 Å². The van der Waals surface area contributed by atoms with E-state index in [1.807, 2.05) is 0 Å². The smallest absolute Gasteiger partial charge is 0.277 e. The summed E-state index contributed by atoms with van der Waals surface area (Å²) in [4.78, 5) is 20.4. The second-order valence-electron chi connectivity index (χ2n) is 3.23. The maximum absolute atomic E-state index is 10.8. The molecule has 0 aromatic heterocycles. The monoisotopic (exact) mass is 239 g/mol. The van der Waals surface area contributed by atoms with Crippen molar-refractivity contribution in [3.8, 4) is 5.75 Å². The van der Waals surface area contributed by atoms with Crippen LogP contribution in [0.5, 0.6) is 5.75 Å². The number of rotatable bonds is 6. The van der Waals surface area contributed by atoms with Crippen molar-refractivity contribution in [2.45, 2.75) is 6.54 Å². The quantitative estimate of drug-likeness (QED) is 0.527. The minimum Gasteiger partial charge on any atom is -0.549 e. The second-order valence-corrected chi connectivity index (χ2v) is 3.23. The zero-order valence-corrected chi connectivity index (χ0v) is 9.13. The minimum absolute atomic E-state index is 0.0777. The minimum atomic E-state index is -1.26. The lowest BCUT2D eigenvalue weighted by molar-refractivity contribution is -0.385. The second kappa shape index (κ2) is 5.80. The Morgan fingerprint density at radius 2 is 2.24 bits per heavy atom. The molecule has 0 aliphatic rings. The largest absolute Gasteiger partial charge is 0.549 e. The Morgan fingerprint density at radius 1 is 1.53 bits per heavy atom. The lowest BCUT2D eigenvalue weighted by Gasteiger charge is -2.07. The Kier molecular flexibility index (Phi) is 4.41. The molecule has 1 N–H and O–H groups in total. The predicted octanol–water partition coefficient (Wildman–Crippen LogP) is -0.557. The highest BCUT2D eigenvalue weighted by atomic mass is 16.6. The van der Waals surface area contributed by atoms with Gasteiger partial charge in [-0.05, 0) is 12.1 Å². The molecule has 0 atom stereocenters. The molecule has 0 heterocycles. The number of nitro groups is 1. The van der Waals surface area contributed by atoms with Gasteiger partial charge in [0.2, 0.25) is 0 Å². The summed E-state index contributed by atoms with van der Waals surface area (Å²) in [7, 11) is 1.41. The molecule has 0 spiro atoms. The molecule has 92 valence electrons. The van der Waals surface area contributed by atoms with Crippen LogP contribution in [0.4, 0.5) is 5.69 Å². The van der Waals surface area contributed by atoms with Crippen molar-refractivity contribution in [2.75, 3.05) is 13.7 Å². The molecule has 17 heavy (non-hydrogen) atoms. The molecule has 1 rings (SSSR count). The highest BCUT2D eigenvalue weighted by molar-refractivity contribution is 5.66. The summed E-state index contributed by atoms with van der Waals surface area (Å²) in [6.45, 7) is -0.280. The molecule has 0 saturated heterocycles. The summed E-state index contributed by atoms with van der Waals surface area (Å²) in [5.74, 6) is -0.887. The first-order valence-electron chi connectivity index (χ1n) is 4.76. The summed E-state index contributed by atoms with van der Waals surface area (Å²) in [5, 5.41) is 23.5. The van der Waals surface area contributed by atoms with Gasteiger partial charge >= 0.3 is 0 Å². The number of carbonyl (C=O) groups is 1. The van der Waals surface area contributed by atoms with Crippen molar-refractivity contribution < 1.29 is 19.6 Å². The van der Waals surface area contributed by atoms with Gasteiger partial charge in [0.25, 0.3) is 5.69 Å². The lowest BCUT2D eigenvalue weighted by Crippen LogP contribution is -2.34. The van der Waals surface area contributed by atoms with Gasteiger partial charge in [0.05, 0.1) is 24.1 Å². The van der Waals surface area contributed by atoms with Crippen LogP contribution in [0, 0.1) is 10.1 Å². The van der Waals surface area contributed by atoms with E-state index in [1.165, 1.54) is 19.2 Å². The Hall–Kier alpha value is -2.15. The van der Waals surface area contributed by atoms with Crippen molar-refractivity contribution in [1.29, 1.82) is 0 Å². The van der Waals surface area contributed by atoms with Crippen molar-refractivity contribution in [1.82, 2.24) is 5.32 Å². The average Bonchev–Trinajstić information content (AvgIpc) is 2.28. The van der Waals surface area contributed by atoms with Crippen LogP contribution in [-0.2, 0) is 11.3 Å². The van der Waals surface area contributed by atoms with Crippen LogP contribution in [0.2, 0.25) is 0 Å². The third kappa shape index (κ3) is 3.72. The van der Waals surface area contributed by atoms with E-state index in [-0.39, 0.29) is 18.8 Å². The maximum atomic E-state index is 10.8. The van der Waals surface area contributed by atoms with Gasteiger partial charge in [-0.3, -0.25) is 10.1 Å². The Morgan fingerprint density at radius 3 is 2.76 bits per heavy atom. The summed E-state index contributed by atoms with van der Waals surface area (Å²) in [6, 6.07) is 4.37. The van der Waals surface area contributed by atoms with E-state index in [9.17, 15) is 20.0 Å². The van der Waals surface area contributed by atoms with Crippen LogP contribution in [0.1, 0.15) is 5.56 Å². The first-order chi connectivity index (χ1) is 8.04. The van der Waals surface area contributed by atoms with Crippen LogP contribution in [0.3, 0.4) is 0 Å². The number of aliphatic carboxylic acids is 1. The van der Waals surface area contributed by atoms with Crippen LogP contribution in [0.15, 0.2) is 18.2 Å². The molecule has 1 aromatic rings. The number of ether oxygens (including phenoxy) is 1. The molecule has 0 bridgehead atoms. The lowest BCUT2D eigenvalue weighted by atomic mass is 10.1. The number of carboxylic acid groups (broad SMARTS) is 1. The molecule has 0 saturated carbocycles. The van der Waals surface area contributed by atoms with Gasteiger partial charge in [-0.15, -0.1) is 0 Å². The summed E-state index contributed by atoms with van der Waals surface area (Å²) in [5.41, 5.74) is 0.271. The van der Waals surface area contributed by atoms with Crippen molar-refractivity contribution in [3.05, 3.63) is 33.9 Å². The highest BCUT2D eigenvalue weighted by Gasteiger charge is 2.14. The third-order valence-corrected chi connectivity index (χ3v) is 2.07. The molecule has 0 radical (unpaired) electrons. The van der Waals surface area contributed by atoms with Gasteiger partial charge in [-0.25, -0.2) is 0 Å². The number of benzene rings is 1. The Bertz CT molecular complexity index is 433. The number of nitrogens with zero attached hydrogens (tertiary/aromatic N) is 1. The van der Waals surface area contributed by atoms with Crippen LogP contribution < -0.4 is 15.2 Å². The first kappa shape index (κ1) is 12.9. The van der Waals surface area contributed by atoms with Gasteiger partial charge in [0.15, 0.2) is 0 Å². The zero-order valence-electron chi connectivity index (χ0n) is 9.13. The van der Waals surface area contributed by atoms with E-state index in [0.29, 0.717) is 11.3 Å². The van der Waals surface area contributed by atoms with E-state index in [4.69, 9.17) is 4.74 Å². The standard InChI is InChI=1S/C10H12N2O5/c1-17-8-3-2-7(5-11-6-10(13)14)9(4-8)12(15)16/h2-4,11H,5-6H2,1H3,(H,13,14)/p-1. The fraction of sp³-hybridized carbons (Fsp3) is 0.300. The zero-order chi connectivity index (χ0) is 12.8. The normalized spacial score (nSPS) is 9.94. The van der Waals surface area contributed by atoms with Gasteiger partial charge in [0.1, 0.15) is 5.75 Å². The Balaban J connectivity index is 2.83. The van der Waals surface area contributed by atoms with Crippen LogP contribution in [0.25, 0.3) is 0 Å². The molecule has 7 nitrogen and oxygen atoms in total. The fourth-order valence-corrected chi connectivity index (χ4v) is 1.29. The average molecular weight is 239 g/mol. The first-order valence-corrected chi connectivity index (χ1v) is 4.76. The molecular formula is C10H11N2O5-. The predicted molar refractivity (Wildman–Crippen MR) is 56.4 cm³/mol. The SMILES string of the molecule is COc1ccc(CNCC(=O)[O-])c([N+](=O)[O-])c1. The molecule has 1 aromatic carbocycles. The van der Waals surface area contributed by atoms with Crippen LogP contribution >= 0.6 is 0 Å². The molecule has 0 amide bonds. The number of carboxylic acids is 1. The van der Waals surface area contributed by atoms with Crippen molar-refractivity contribution in [3.63, 3.8) is 0 Å². The van der Waals surface area contributed by atoms with Crippen molar-refractivity contribution >= 4 is 11.7 Å². The summed E-state index contributed by atoms with van der Waals surface area (Å²) >= 11 is 0. The number of nitrogens with one attached hydrogen (secondary N) is 1. The topological polar surface area (TPSA) is 105 Å². The van der Waals surface area contributed by atoms with Gasteiger partial charge in [-0.2, -0.15) is 0 Å². The van der Waals surface area contributed by atoms with Gasteiger partial charge in [0, 0.05) is 18.7 Å². The van der Waals surface area contributed by atoms with Gasteiger partial charge < -0.3 is 20.0 Å². The number of carbonyl (C=O) groups excluding carboxylic acids is 1. The van der Waals surface area contributed by atoms with E-state index < -0.39 is 10.9 Å². The third-order valence-electron chi connectivity index (χ3n) is 2.07. The number of methoxy groups -OCH3 is 1. The maximum Gasteiger partial charge on any atom is 0.277 e. The fourth-order valence-electron chi connectivity index (χ4n) is 1.29. The summed E-state index contributed by atoms with van der Waals surface area (Å²) < 4.78 is 4.87. The Labute approximate surface area is 97.2 Å².